The Kier molecular flexibility index (Phi) is 6.97. The van der Waals surface area contributed by atoms with E-state index in [9.17, 15) is 0 Å². The average molecular weight is 343 g/mol. The first kappa shape index (κ1) is 19.7. The van der Waals surface area contributed by atoms with Crippen LogP contribution in [-0.2, 0) is 12.8 Å². The molecule has 0 bridgehead atoms. The molecule has 0 saturated heterocycles. The van der Waals surface area contributed by atoms with Crippen LogP contribution >= 0.6 is 0 Å². The molecule has 0 heteroatoms. The van der Waals surface area contributed by atoms with E-state index in [2.05, 4.69) is 77.3 Å². The minimum absolute atomic E-state index is 1.01. The highest BCUT2D eigenvalue weighted by molar-refractivity contribution is 5.88. The van der Waals surface area contributed by atoms with Crippen LogP contribution < -0.4 is 0 Å². The summed E-state index contributed by atoms with van der Waals surface area (Å²) in [5, 5.41) is 0. The second kappa shape index (κ2) is 9.20. The van der Waals surface area contributed by atoms with Crippen LogP contribution in [0.1, 0.15) is 47.2 Å². The number of hydrogen-bond acceptors (Lipinski definition) is 0. The van der Waals surface area contributed by atoms with Gasteiger partial charge in [0.2, 0.25) is 0 Å². The van der Waals surface area contributed by atoms with Crippen LogP contribution in [0.15, 0.2) is 61.7 Å². The quantitative estimate of drug-likeness (QED) is 0.457. The van der Waals surface area contributed by atoms with Crippen molar-refractivity contribution in [3.05, 3.63) is 95.1 Å². The summed E-state index contributed by atoms with van der Waals surface area (Å²) in [6.07, 6.45) is 14.2. The molecule has 0 radical (unpaired) electrons. The van der Waals surface area contributed by atoms with E-state index in [0.717, 1.165) is 12.8 Å². The van der Waals surface area contributed by atoms with Crippen molar-refractivity contribution < 1.29 is 0 Å². The second-order valence-electron chi connectivity index (χ2n) is 6.56. The predicted molar refractivity (Wildman–Crippen MR) is 119 cm³/mol. The van der Waals surface area contributed by atoms with Crippen LogP contribution in [0.4, 0.5) is 0 Å². The molecule has 0 nitrogen and oxygen atoms in total. The zero-order valence-electron chi connectivity index (χ0n) is 16.6. The molecule has 0 heterocycles. The minimum atomic E-state index is 1.01. The lowest BCUT2D eigenvalue weighted by atomic mass is 9.83. The molecule has 26 heavy (non-hydrogen) atoms. The summed E-state index contributed by atoms with van der Waals surface area (Å²) in [5.41, 5.74) is 10.6. The van der Waals surface area contributed by atoms with Gasteiger partial charge >= 0.3 is 0 Å². The molecule has 0 amide bonds. The topological polar surface area (TPSA) is 0 Å². The fraction of sp³-hybridized carbons (Fsp3) is 0.231. The van der Waals surface area contributed by atoms with Gasteiger partial charge in [-0.2, -0.15) is 0 Å². The monoisotopic (exact) mass is 342 g/mol. The van der Waals surface area contributed by atoms with E-state index in [1.165, 1.54) is 44.5 Å². The van der Waals surface area contributed by atoms with Crippen LogP contribution in [-0.4, -0.2) is 0 Å². The van der Waals surface area contributed by atoms with Gasteiger partial charge in [-0.3, -0.25) is 0 Å². The lowest BCUT2D eigenvalue weighted by molar-refractivity contribution is 1.11. The molecule has 0 aliphatic carbocycles. The Morgan fingerprint density at radius 1 is 0.692 bits per heavy atom. The molecule has 0 N–H and O–H groups in total. The summed E-state index contributed by atoms with van der Waals surface area (Å²) in [7, 11) is 0. The van der Waals surface area contributed by atoms with Gasteiger partial charge in [0.25, 0.3) is 0 Å². The van der Waals surface area contributed by atoms with Crippen molar-refractivity contribution in [1.82, 2.24) is 0 Å². The van der Waals surface area contributed by atoms with Crippen molar-refractivity contribution in [2.75, 3.05) is 0 Å². The normalized spacial score (nSPS) is 11.4. The molecular formula is C26H30. The molecule has 2 aromatic carbocycles. The molecule has 0 saturated carbocycles. The maximum Gasteiger partial charge on any atom is -0.00679 e. The first-order valence-electron chi connectivity index (χ1n) is 9.42. The zero-order chi connectivity index (χ0) is 19.1. The molecule has 0 aliphatic rings. The summed E-state index contributed by atoms with van der Waals surface area (Å²) in [6.45, 7) is 16.5. The summed E-state index contributed by atoms with van der Waals surface area (Å²) >= 11 is 0. The predicted octanol–water partition coefficient (Wildman–Crippen LogP) is 7.49. The van der Waals surface area contributed by atoms with Gasteiger partial charge in [-0.25, -0.2) is 0 Å². The number of benzene rings is 2. The molecule has 0 unspecified atom stereocenters. The lowest BCUT2D eigenvalue weighted by Crippen LogP contribution is -2.01. The van der Waals surface area contributed by atoms with Crippen molar-refractivity contribution in [1.29, 1.82) is 0 Å². The van der Waals surface area contributed by atoms with Gasteiger partial charge in [-0.15, -0.1) is 0 Å². The third-order valence-electron chi connectivity index (χ3n) is 4.91. The average Bonchev–Trinajstić information content (AvgIpc) is 2.65. The Balaban J connectivity index is 2.99. The number of aryl methyl sites for hydroxylation is 4. The van der Waals surface area contributed by atoms with E-state index in [4.69, 9.17) is 0 Å². The van der Waals surface area contributed by atoms with Gasteiger partial charge in [-0.05, 0) is 71.2 Å². The molecule has 0 aromatic heterocycles. The fourth-order valence-electron chi connectivity index (χ4n) is 3.48. The Labute approximate surface area is 159 Å². The van der Waals surface area contributed by atoms with Gasteiger partial charge in [0.1, 0.15) is 0 Å². The number of allylic oxidation sites excluding steroid dienone is 4. The van der Waals surface area contributed by atoms with Crippen LogP contribution in [0, 0.1) is 13.8 Å². The summed E-state index contributed by atoms with van der Waals surface area (Å²) in [4.78, 5) is 0. The lowest BCUT2D eigenvalue weighted by Gasteiger charge is -2.21. The van der Waals surface area contributed by atoms with E-state index in [-0.39, 0.29) is 0 Å². The molecule has 2 aromatic rings. The van der Waals surface area contributed by atoms with Gasteiger partial charge in [-0.1, -0.05) is 87.7 Å². The summed E-state index contributed by atoms with van der Waals surface area (Å²) < 4.78 is 0. The van der Waals surface area contributed by atoms with Crippen LogP contribution in [0.3, 0.4) is 0 Å². The van der Waals surface area contributed by atoms with Crippen molar-refractivity contribution >= 4 is 12.2 Å². The Morgan fingerprint density at radius 3 is 1.38 bits per heavy atom. The number of rotatable bonds is 7. The van der Waals surface area contributed by atoms with Gasteiger partial charge < -0.3 is 0 Å². The Morgan fingerprint density at radius 2 is 1.08 bits per heavy atom. The van der Waals surface area contributed by atoms with Crippen molar-refractivity contribution in [3.8, 4) is 11.1 Å². The first-order valence-corrected chi connectivity index (χ1v) is 9.42. The molecule has 0 spiro atoms. The van der Waals surface area contributed by atoms with Crippen LogP contribution in [0.2, 0.25) is 0 Å². The van der Waals surface area contributed by atoms with Crippen molar-refractivity contribution in [2.24, 2.45) is 0 Å². The molecule has 134 valence electrons. The molecule has 2 rings (SSSR count). The summed E-state index contributed by atoms with van der Waals surface area (Å²) in [5.74, 6) is 0. The third kappa shape index (κ3) is 3.96. The van der Waals surface area contributed by atoms with Gasteiger partial charge in [0.15, 0.2) is 0 Å². The maximum atomic E-state index is 3.85. The van der Waals surface area contributed by atoms with Crippen LogP contribution in [0.25, 0.3) is 23.3 Å². The number of hydrogen-bond donors (Lipinski definition) is 0. The first-order chi connectivity index (χ1) is 12.6. The standard InChI is InChI=1S/C26H30/c1-7-11-13-23-19(5)15-17-21(9-3)25(23)26-22(10-4)18-16-20(6)24(26)14-12-8-2/h7-8,11-18H,1-2,9-10H2,3-6H3/b13-11-,14-12-. The van der Waals surface area contributed by atoms with E-state index in [0.29, 0.717) is 0 Å². The second-order valence-corrected chi connectivity index (χ2v) is 6.56. The van der Waals surface area contributed by atoms with E-state index < -0.39 is 0 Å². The molecule has 0 atom stereocenters. The van der Waals surface area contributed by atoms with Crippen LogP contribution in [0.5, 0.6) is 0 Å². The van der Waals surface area contributed by atoms with Crippen molar-refractivity contribution in [3.63, 3.8) is 0 Å². The fourth-order valence-corrected chi connectivity index (χ4v) is 3.48. The molecular weight excluding hydrogens is 312 g/mol. The Bertz CT molecular complexity index is 787. The van der Waals surface area contributed by atoms with E-state index in [1.807, 2.05) is 24.3 Å². The van der Waals surface area contributed by atoms with E-state index in [1.54, 1.807) is 0 Å². The SMILES string of the molecule is C=C/C=C\c1c(C)ccc(CC)c1-c1c(CC)ccc(C)c1/C=C\C=C. The van der Waals surface area contributed by atoms with Gasteiger partial charge in [0, 0.05) is 0 Å². The van der Waals surface area contributed by atoms with Crippen molar-refractivity contribution in [2.45, 2.75) is 40.5 Å². The Hall–Kier alpha value is -2.60. The third-order valence-corrected chi connectivity index (χ3v) is 4.91. The molecule has 0 fully saturated rings. The maximum absolute atomic E-state index is 3.85. The minimum Gasteiger partial charge on any atom is -0.0991 e. The molecule has 0 aliphatic heterocycles. The highest BCUT2D eigenvalue weighted by Crippen LogP contribution is 2.38. The largest absolute Gasteiger partial charge is 0.0991 e. The van der Waals surface area contributed by atoms with E-state index >= 15 is 0 Å². The summed E-state index contributed by atoms with van der Waals surface area (Å²) in [6, 6.07) is 9.01. The zero-order valence-corrected chi connectivity index (χ0v) is 16.6. The smallest absolute Gasteiger partial charge is 0.00679 e. The van der Waals surface area contributed by atoms with Gasteiger partial charge in [0.05, 0.1) is 0 Å². The highest BCUT2D eigenvalue weighted by Gasteiger charge is 2.17. The highest BCUT2D eigenvalue weighted by atomic mass is 14.2.